The quantitative estimate of drug-likeness (QED) is 0.807. The van der Waals surface area contributed by atoms with Crippen LogP contribution in [0.1, 0.15) is 11.4 Å². The number of hydrogen-bond donors (Lipinski definition) is 2. The van der Waals surface area contributed by atoms with E-state index in [1.807, 2.05) is 19.1 Å². The molecule has 0 radical (unpaired) electrons. The molecule has 2 rings (SSSR count). The minimum absolute atomic E-state index is 0.144. The summed E-state index contributed by atoms with van der Waals surface area (Å²) in [6.45, 7) is 1.85. The Kier molecular flexibility index (Phi) is 2.78. The first-order valence-electron chi connectivity index (χ1n) is 5.04. The van der Waals surface area contributed by atoms with Crippen LogP contribution in [0.2, 0.25) is 0 Å². The fourth-order valence-corrected chi connectivity index (χ4v) is 1.55. The molecule has 17 heavy (non-hydrogen) atoms. The van der Waals surface area contributed by atoms with Gasteiger partial charge in [0.2, 0.25) is 0 Å². The summed E-state index contributed by atoms with van der Waals surface area (Å²) in [7, 11) is 0. The van der Waals surface area contributed by atoms with Crippen molar-refractivity contribution in [1.82, 2.24) is 14.8 Å². The van der Waals surface area contributed by atoms with Gasteiger partial charge in [0.05, 0.1) is 5.69 Å². The molecule has 1 aromatic heterocycles. The standard InChI is InChI=1S/C11H11N3O3/c1-7-4-2-3-5-8(7)14-11(17)12-9(13-14)6-10(15)16/h2-5H,6H2,1H3,(H,15,16)(H,12,13,17). The molecule has 2 N–H and O–H groups in total. The summed E-state index contributed by atoms with van der Waals surface area (Å²) >= 11 is 0. The molecule has 0 amide bonds. The molecule has 0 saturated carbocycles. The second-order valence-corrected chi connectivity index (χ2v) is 3.65. The van der Waals surface area contributed by atoms with Gasteiger partial charge in [-0.1, -0.05) is 18.2 Å². The van der Waals surface area contributed by atoms with Gasteiger partial charge in [0.25, 0.3) is 0 Å². The Bertz CT molecular complexity index is 612. The topological polar surface area (TPSA) is 88.0 Å². The van der Waals surface area contributed by atoms with Gasteiger partial charge < -0.3 is 5.11 Å². The fourth-order valence-electron chi connectivity index (χ4n) is 1.55. The van der Waals surface area contributed by atoms with Gasteiger partial charge >= 0.3 is 11.7 Å². The maximum Gasteiger partial charge on any atom is 0.348 e. The van der Waals surface area contributed by atoms with Crippen molar-refractivity contribution in [2.45, 2.75) is 13.3 Å². The SMILES string of the molecule is Cc1ccccc1-n1nc(CC(=O)O)[nH]c1=O. The number of hydrogen-bond acceptors (Lipinski definition) is 3. The molecule has 1 aromatic carbocycles. The Morgan fingerprint density at radius 3 is 2.82 bits per heavy atom. The number of benzene rings is 1. The van der Waals surface area contributed by atoms with Gasteiger partial charge in [-0.15, -0.1) is 5.10 Å². The number of carboxylic acids is 1. The van der Waals surface area contributed by atoms with Gasteiger partial charge in [-0.05, 0) is 18.6 Å². The zero-order valence-electron chi connectivity index (χ0n) is 9.17. The van der Waals surface area contributed by atoms with Gasteiger partial charge in [0.15, 0.2) is 0 Å². The van der Waals surface area contributed by atoms with Crippen LogP contribution in [0.5, 0.6) is 0 Å². The number of carbonyl (C=O) groups is 1. The molecule has 0 bridgehead atoms. The monoisotopic (exact) mass is 233 g/mol. The van der Waals surface area contributed by atoms with Gasteiger partial charge in [-0.25, -0.2) is 4.79 Å². The average Bonchev–Trinajstić information content (AvgIpc) is 2.59. The highest BCUT2D eigenvalue weighted by Crippen LogP contribution is 2.09. The normalized spacial score (nSPS) is 10.4. The first kappa shape index (κ1) is 11.1. The first-order valence-corrected chi connectivity index (χ1v) is 5.04. The summed E-state index contributed by atoms with van der Waals surface area (Å²) in [6, 6.07) is 7.25. The van der Waals surface area contributed by atoms with Crippen molar-refractivity contribution in [2.75, 3.05) is 0 Å². The smallest absolute Gasteiger partial charge is 0.348 e. The second kappa shape index (κ2) is 4.25. The van der Waals surface area contributed by atoms with Crippen molar-refractivity contribution >= 4 is 5.97 Å². The lowest BCUT2D eigenvalue weighted by molar-refractivity contribution is -0.136. The predicted octanol–water partition coefficient (Wildman–Crippen LogP) is 0.496. The number of aromatic amines is 1. The number of rotatable bonds is 3. The third-order valence-electron chi connectivity index (χ3n) is 2.33. The molecule has 0 saturated heterocycles. The van der Waals surface area contributed by atoms with Gasteiger partial charge in [-0.2, -0.15) is 4.68 Å². The van der Waals surface area contributed by atoms with Crippen LogP contribution in [0.25, 0.3) is 5.69 Å². The van der Waals surface area contributed by atoms with E-state index in [1.165, 1.54) is 4.68 Å². The summed E-state index contributed by atoms with van der Waals surface area (Å²) in [5.41, 5.74) is 1.10. The van der Waals surface area contributed by atoms with E-state index in [2.05, 4.69) is 10.1 Å². The maximum atomic E-state index is 11.6. The Morgan fingerprint density at radius 2 is 2.18 bits per heavy atom. The third-order valence-corrected chi connectivity index (χ3v) is 2.33. The number of aromatic nitrogens is 3. The molecule has 0 fully saturated rings. The largest absolute Gasteiger partial charge is 0.481 e. The molecule has 6 heteroatoms. The van der Waals surface area contributed by atoms with Crippen LogP contribution < -0.4 is 5.69 Å². The van der Waals surface area contributed by atoms with Gasteiger partial charge in [0.1, 0.15) is 12.2 Å². The highest BCUT2D eigenvalue weighted by Gasteiger charge is 2.10. The number of nitrogens with one attached hydrogen (secondary N) is 1. The molecular formula is C11H11N3O3. The van der Waals surface area contributed by atoms with Crippen LogP contribution in [-0.4, -0.2) is 25.8 Å². The number of H-pyrrole nitrogens is 1. The molecule has 0 aliphatic carbocycles. The molecule has 0 unspecified atom stereocenters. The molecular weight excluding hydrogens is 222 g/mol. The van der Waals surface area contributed by atoms with Crippen molar-refractivity contribution in [3.8, 4) is 5.69 Å². The number of aliphatic carboxylic acids is 1. The van der Waals surface area contributed by atoms with E-state index < -0.39 is 11.7 Å². The Hall–Kier alpha value is -2.37. The van der Waals surface area contributed by atoms with E-state index in [4.69, 9.17) is 5.11 Å². The van der Waals surface area contributed by atoms with Crippen LogP contribution in [0, 0.1) is 6.92 Å². The number of carboxylic acid groups (broad SMARTS) is 1. The molecule has 0 aliphatic heterocycles. The molecule has 2 aromatic rings. The molecule has 0 atom stereocenters. The molecule has 0 spiro atoms. The van der Waals surface area contributed by atoms with E-state index in [-0.39, 0.29) is 12.2 Å². The Labute approximate surface area is 96.5 Å². The van der Waals surface area contributed by atoms with Crippen LogP contribution in [0.15, 0.2) is 29.1 Å². The molecule has 1 heterocycles. The second-order valence-electron chi connectivity index (χ2n) is 3.65. The van der Waals surface area contributed by atoms with Crippen molar-refractivity contribution in [3.63, 3.8) is 0 Å². The fraction of sp³-hybridized carbons (Fsp3) is 0.182. The Morgan fingerprint density at radius 1 is 1.47 bits per heavy atom. The van der Waals surface area contributed by atoms with Crippen molar-refractivity contribution in [1.29, 1.82) is 0 Å². The number of para-hydroxylation sites is 1. The molecule has 6 nitrogen and oxygen atoms in total. The first-order chi connectivity index (χ1) is 8.08. The average molecular weight is 233 g/mol. The van der Waals surface area contributed by atoms with E-state index in [0.29, 0.717) is 5.69 Å². The lowest BCUT2D eigenvalue weighted by atomic mass is 10.2. The zero-order valence-corrected chi connectivity index (χ0v) is 9.17. The van der Waals surface area contributed by atoms with Crippen molar-refractivity contribution in [3.05, 3.63) is 46.1 Å². The van der Waals surface area contributed by atoms with Crippen LogP contribution >= 0.6 is 0 Å². The molecule has 88 valence electrons. The zero-order chi connectivity index (χ0) is 12.4. The predicted molar refractivity (Wildman–Crippen MR) is 60.3 cm³/mol. The van der Waals surface area contributed by atoms with Crippen LogP contribution in [0.3, 0.4) is 0 Å². The summed E-state index contributed by atoms with van der Waals surface area (Å²) in [4.78, 5) is 24.6. The Balaban J connectivity index is 2.47. The van der Waals surface area contributed by atoms with E-state index >= 15 is 0 Å². The van der Waals surface area contributed by atoms with E-state index in [9.17, 15) is 9.59 Å². The van der Waals surface area contributed by atoms with E-state index in [0.717, 1.165) is 5.56 Å². The van der Waals surface area contributed by atoms with Gasteiger partial charge in [0, 0.05) is 0 Å². The molecule has 0 aliphatic rings. The third kappa shape index (κ3) is 2.25. The lowest BCUT2D eigenvalue weighted by Crippen LogP contribution is -2.16. The lowest BCUT2D eigenvalue weighted by Gasteiger charge is -2.02. The minimum atomic E-state index is -1.03. The highest BCUT2D eigenvalue weighted by molar-refractivity contribution is 5.68. The number of nitrogens with zero attached hydrogens (tertiary/aromatic N) is 2. The van der Waals surface area contributed by atoms with Gasteiger partial charge in [-0.3, -0.25) is 9.78 Å². The van der Waals surface area contributed by atoms with Crippen molar-refractivity contribution < 1.29 is 9.90 Å². The summed E-state index contributed by atoms with van der Waals surface area (Å²) in [5, 5.41) is 12.6. The van der Waals surface area contributed by atoms with Crippen molar-refractivity contribution in [2.24, 2.45) is 0 Å². The van der Waals surface area contributed by atoms with Crippen LogP contribution in [0.4, 0.5) is 0 Å². The van der Waals surface area contributed by atoms with E-state index in [1.54, 1.807) is 12.1 Å². The summed E-state index contributed by atoms with van der Waals surface area (Å²) in [6.07, 6.45) is -0.297. The summed E-state index contributed by atoms with van der Waals surface area (Å²) < 4.78 is 1.17. The minimum Gasteiger partial charge on any atom is -0.481 e. The highest BCUT2D eigenvalue weighted by atomic mass is 16.4. The van der Waals surface area contributed by atoms with Crippen LogP contribution in [-0.2, 0) is 11.2 Å². The summed E-state index contributed by atoms with van der Waals surface area (Å²) in [5.74, 6) is -0.888. The maximum absolute atomic E-state index is 11.6. The number of aryl methyl sites for hydroxylation is 1.